The van der Waals surface area contributed by atoms with Crippen LogP contribution in [0.25, 0.3) is 10.9 Å². The van der Waals surface area contributed by atoms with Gasteiger partial charge in [-0.1, -0.05) is 18.2 Å². The van der Waals surface area contributed by atoms with E-state index in [1.165, 1.54) is 0 Å². The van der Waals surface area contributed by atoms with E-state index in [9.17, 15) is 9.59 Å². The van der Waals surface area contributed by atoms with Crippen LogP contribution in [-0.4, -0.2) is 45.4 Å². The number of hydrogen-bond donors (Lipinski definition) is 1. The number of benzene rings is 1. The van der Waals surface area contributed by atoms with Crippen LogP contribution < -0.4 is 5.32 Å². The van der Waals surface area contributed by atoms with Gasteiger partial charge >= 0.3 is 6.09 Å². The number of amides is 2. The summed E-state index contributed by atoms with van der Waals surface area (Å²) in [6.07, 6.45) is -0.286. The Morgan fingerprint density at radius 3 is 2.37 bits per heavy atom. The molecule has 7 nitrogen and oxygen atoms in total. The van der Waals surface area contributed by atoms with Gasteiger partial charge in [-0.2, -0.15) is 5.10 Å². The number of aryl methyl sites for hydroxylation is 2. The van der Waals surface area contributed by atoms with Gasteiger partial charge in [0.25, 0.3) is 0 Å². The first-order chi connectivity index (χ1) is 13.9. The Hall–Kier alpha value is -2.57. The molecule has 7 heteroatoms. The predicted octanol–water partition coefficient (Wildman–Crippen LogP) is 3.35. The van der Waals surface area contributed by atoms with Gasteiger partial charge in [-0.3, -0.25) is 9.48 Å². The van der Waals surface area contributed by atoms with E-state index in [2.05, 4.69) is 16.5 Å². The van der Waals surface area contributed by atoms with Crippen molar-refractivity contribution in [2.45, 2.75) is 52.7 Å². The highest BCUT2D eigenvalue weighted by Crippen LogP contribution is 2.52. The average molecular weight is 413 g/mol. The highest BCUT2D eigenvalue weighted by molar-refractivity contribution is 5.88. The van der Waals surface area contributed by atoms with Gasteiger partial charge in [0.1, 0.15) is 5.60 Å². The first-order valence-corrected chi connectivity index (χ1v) is 10.6. The molecule has 3 atom stereocenters. The van der Waals surface area contributed by atoms with Gasteiger partial charge in [0.2, 0.25) is 5.91 Å². The third kappa shape index (κ3) is 3.55. The Balaban J connectivity index is 1.43. The molecule has 4 rings (SSSR count). The van der Waals surface area contributed by atoms with E-state index in [1.54, 1.807) is 4.90 Å². The van der Waals surface area contributed by atoms with Crippen molar-refractivity contribution >= 4 is 22.9 Å². The molecule has 1 aliphatic carbocycles. The van der Waals surface area contributed by atoms with Crippen LogP contribution in [0.2, 0.25) is 0 Å². The summed E-state index contributed by atoms with van der Waals surface area (Å²) in [6.45, 7) is 12.9. The number of nitrogens with one attached hydrogen (secondary N) is 1. The lowest BCUT2D eigenvalue weighted by molar-refractivity contribution is -0.125. The number of piperidine rings is 1. The quantitative estimate of drug-likeness (QED) is 0.839. The molecule has 1 saturated heterocycles. The van der Waals surface area contributed by atoms with Crippen molar-refractivity contribution < 1.29 is 14.3 Å². The number of ether oxygens (including phenoxy) is 1. The van der Waals surface area contributed by atoms with E-state index in [4.69, 9.17) is 4.74 Å². The lowest BCUT2D eigenvalue weighted by Crippen LogP contribution is -2.45. The fraction of sp³-hybridized carbons (Fsp3) is 0.609. The summed E-state index contributed by atoms with van der Waals surface area (Å²) < 4.78 is 7.33. The first-order valence-electron chi connectivity index (χ1n) is 10.6. The Bertz CT molecular complexity index is 1010. The largest absolute Gasteiger partial charge is 0.444 e. The summed E-state index contributed by atoms with van der Waals surface area (Å²) in [5, 5.41) is 8.98. The lowest BCUT2D eigenvalue weighted by atomic mass is 9.95. The Morgan fingerprint density at radius 2 is 1.77 bits per heavy atom. The number of carbonyl (C=O) groups is 2. The molecule has 1 saturated carbocycles. The van der Waals surface area contributed by atoms with Crippen molar-refractivity contribution in [2.24, 2.45) is 24.8 Å². The van der Waals surface area contributed by atoms with Crippen LogP contribution in [0.15, 0.2) is 18.2 Å². The minimum atomic E-state index is -0.559. The van der Waals surface area contributed by atoms with E-state index in [0.717, 1.165) is 22.2 Å². The zero-order valence-electron chi connectivity index (χ0n) is 18.9. The number of fused-ring (bicyclic) bond motifs is 2. The molecular weight excluding hydrogens is 380 g/mol. The Morgan fingerprint density at radius 1 is 1.13 bits per heavy atom. The Kier molecular flexibility index (Phi) is 4.64. The van der Waals surface area contributed by atoms with Crippen LogP contribution in [0.4, 0.5) is 4.79 Å². The zero-order chi connectivity index (χ0) is 22.0. The second kappa shape index (κ2) is 6.72. The third-order valence-electron chi connectivity index (χ3n) is 6.24. The van der Waals surface area contributed by atoms with E-state index in [1.807, 2.05) is 65.4 Å². The second-order valence-electron chi connectivity index (χ2n) is 10.3. The molecular formula is C23H32N4O3. The van der Waals surface area contributed by atoms with Crippen LogP contribution >= 0.6 is 0 Å². The Labute approximate surface area is 177 Å². The van der Waals surface area contributed by atoms with Gasteiger partial charge in [-0.25, -0.2) is 4.79 Å². The number of likely N-dealkylation sites (tertiary alicyclic amines) is 1. The number of carbonyl (C=O) groups excluding carboxylic acids is 2. The molecule has 0 spiro atoms. The van der Waals surface area contributed by atoms with Crippen LogP contribution in [0.1, 0.15) is 45.9 Å². The van der Waals surface area contributed by atoms with Gasteiger partial charge in [0.05, 0.1) is 16.7 Å². The summed E-state index contributed by atoms with van der Waals surface area (Å²) in [5.74, 6) is 0.461. The minimum Gasteiger partial charge on any atom is -0.444 e. The molecule has 2 aliphatic rings. The average Bonchev–Trinajstić information content (AvgIpc) is 2.94. The topological polar surface area (TPSA) is 76.5 Å². The molecule has 2 fully saturated rings. The predicted molar refractivity (Wildman–Crippen MR) is 115 cm³/mol. The van der Waals surface area contributed by atoms with Crippen molar-refractivity contribution in [1.29, 1.82) is 0 Å². The van der Waals surface area contributed by atoms with Gasteiger partial charge in [0.15, 0.2) is 0 Å². The maximum absolute atomic E-state index is 13.1. The highest BCUT2D eigenvalue weighted by atomic mass is 16.6. The van der Waals surface area contributed by atoms with Crippen molar-refractivity contribution in [1.82, 2.24) is 20.0 Å². The zero-order valence-corrected chi connectivity index (χ0v) is 18.9. The van der Waals surface area contributed by atoms with Crippen LogP contribution in [0.5, 0.6) is 0 Å². The van der Waals surface area contributed by atoms with Crippen LogP contribution in [0.3, 0.4) is 0 Å². The molecule has 0 radical (unpaired) electrons. The molecule has 30 heavy (non-hydrogen) atoms. The van der Waals surface area contributed by atoms with E-state index < -0.39 is 11.1 Å². The van der Waals surface area contributed by atoms with Crippen molar-refractivity contribution in [2.75, 3.05) is 13.1 Å². The summed E-state index contributed by atoms with van der Waals surface area (Å²) in [7, 11) is 1.92. The van der Waals surface area contributed by atoms with Gasteiger partial charge in [0, 0.05) is 31.4 Å². The summed E-state index contributed by atoms with van der Waals surface area (Å²) in [5.41, 5.74) is 2.02. The molecule has 2 amide bonds. The smallest absolute Gasteiger partial charge is 0.410 e. The molecule has 2 heterocycles. The van der Waals surface area contributed by atoms with Crippen molar-refractivity contribution in [3.8, 4) is 0 Å². The fourth-order valence-electron chi connectivity index (χ4n) is 4.94. The molecule has 1 unspecified atom stereocenters. The monoisotopic (exact) mass is 412 g/mol. The molecule has 1 aromatic heterocycles. The normalized spacial score (nSPS) is 23.4. The number of aromatic nitrogens is 2. The summed E-state index contributed by atoms with van der Waals surface area (Å²) in [6, 6.07) is 6.13. The van der Waals surface area contributed by atoms with E-state index in [-0.39, 0.29) is 29.8 Å². The SMILES string of the molecule is Cc1cccc2c(C(C)(C)NC(=O)C3[C@H]4CN(C(=O)OC(C)(C)C)C[C@@H]34)n(C)nc12. The van der Waals surface area contributed by atoms with E-state index >= 15 is 0 Å². The molecule has 2 aromatic rings. The number of hydrogen-bond acceptors (Lipinski definition) is 4. The highest BCUT2D eigenvalue weighted by Gasteiger charge is 2.61. The molecule has 162 valence electrons. The maximum atomic E-state index is 13.1. The van der Waals surface area contributed by atoms with Crippen LogP contribution in [-0.2, 0) is 22.1 Å². The standard InChI is InChI=1S/C23H32N4O3/c1-13-9-8-10-14-18(13)25-26(7)19(14)23(5,6)24-20(28)17-15-11-27(12-16(15)17)21(29)30-22(2,3)4/h8-10,15-17H,11-12H2,1-7H3,(H,24,28)/t15-,16+,17?. The lowest BCUT2D eigenvalue weighted by Gasteiger charge is -2.29. The maximum Gasteiger partial charge on any atom is 0.410 e. The summed E-state index contributed by atoms with van der Waals surface area (Å²) >= 11 is 0. The van der Waals surface area contributed by atoms with Gasteiger partial charge in [-0.05, 0) is 58.9 Å². The first kappa shape index (κ1) is 20.7. The number of nitrogens with zero attached hydrogens (tertiary/aromatic N) is 3. The molecule has 1 aliphatic heterocycles. The molecule has 0 bridgehead atoms. The third-order valence-corrected chi connectivity index (χ3v) is 6.24. The minimum absolute atomic E-state index is 0.0378. The van der Waals surface area contributed by atoms with Gasteiger partial charge < -0.3 is 15.0 Å². The second-order valence-corrected chi connectivity index (χ2v) is 10.3. The van der Waals surface area contributed by atoms with Crippen molar-refractivity contribution in [3.63, 3.8) is 0 Å². The van der Waals surface area contributed by atoms with Crippen molar-refractivity contribution in [3.05, 3.63) is 29.5 Å². The molecule has 1 aromatic carbocycles. The number of rotatable bonds is 3. The molecule has 1 N–H and O–H groups in total. The van der Waals surface area contributed by atoms with Crippen LogP contribution in [0, 0.1) is 24.7 Å². The van der Waals surface area contributed by atoms with Gasteiger partial charge in [-0.15, -0.1) is 0 Å². The summed E-state index contributed by atoms with van der Waals surface area (Å²) in [4.78, 5) is 27.1. The fourth-order valence-corrected chi connectivity index (χ4v) is 4.94. The van der Waals surface area contributed by atoms with E-state index in [0.29, 0.717) is 13.1 Å².